The normalized spacial score (nSPS) is 17.8. The number of carbonyl (C=O) groups is 1. The van der Waals surface area contributed by atoms with Gasteiger partial charge in [-0.15, -0.1) is 0 Å². The summed E-state index contributed by atoms with van der Waals surface area (Å²) in [6, 6.07) is 5.64. The van der Waals surface area contributed by atoms with Crippen LogP contribution in [0.3, 0.4) is 0 Å². The first kappa shape index (κ1) is 27.0. The number of aryl methyl sites for hydroxylation is 1. The lowest BCUT2D eigenvalue weighted by molar-refractivity contribution is -0.143. The summed E-state index contributed by atoms with van der Waals surface area (Å²) in [4.78, 5) is 15.3. The molecule has 1 saturated heterocycles. The van der Waals surface area contributed by atoms with Gasteiger partial charge >= 0.3 is 12.4 Å². The third kappa shape index (κ3) is 5.97. The third-order valence-corrected chi connectivity index (χ3v) is 6.94. The molecule has 1 heterocycles. The van der Waals surface area contributed by atoms with Crippen molar-refractivity contribution in [2.75, 3.05) is 20.1 Å². The number of piperidine rings is 1. The summed E-state index contributed by atoms with van der Waals surface area (Å²) >= 11 is 0. The summed E-state index contributed by atoms with van der Waals surface area (Å²) in [5.41, 5.74) is -2.32. The highest BCUT2D eigenvalue weighted by molar-refractivity contribution is 5.80. The van der Waals surface area contributed by atoms with Gasteiger partial charge in [0, 0.05) is 17.9 Å². The number of likely N-dealkylation sites (tertiary alicyclic amines) is 1. The lowest BCUT2D eigenvalue weighted by Gasteiger charge is -2.45. The molecule has 35 heavy (non-hydrogen) atoms. The standard InChI is InChI=1S/C25H27F7N2O/c1-15-10-20(26)4-5-21(15)23(6-8-34(3)9-7-23)16(2)22(35)33-14-17-11-18(24(27,28)29)13-19(12-17)25(30,31)32/h4-5,10-13,16H,6-9,14H2,1-3H3,(H,33,35). The number of rotatable bonds is 5. The molecule has 1 aliphatic heterocycles. The molecule has 10 heteroatoms. The maximum atomic E-state index is 13.8. The number of alkyl halides is 6. The number of carbonyl (C=O) groups excluding carboxylic acids is 1. The Kier molecular flexibility index (Phi) is 7.55. The van der Waals surface area contributed by atoms with Crippen molar-refractivity contribution in [1.29, 1.82) is 0 Å². The van der Waals surface area contributed by atoms with E-state index in [1.165, 1.54) is 12.1 Å². The molecule has 1 N–H and O–H groups in total. The van der Waals surface area contributed by atoms with Gasteiger partial charge in [0.2, 0.25) is 5.91 Å². The molecule has 1 aliphatic rings. The number of benzene rings is 2. The first-order valence-electron chi connectivity index (χ1n) is 11.1. The quantitative estimate of drug-likeness (QED) is 0.500. The van der Waals surface area contributed by atoms with Gasteiger partial charge in [-0.05, 0) is 86.9 Å². The minimum atomic E-state index is -4.97. The average molecular weight is 504 g/mol. The molecule has 1 atom stereocenters. The molecule has 0 radical (unpaired) electrons. The van der Waals surface area contributed by atoms with Crippen LogP contribution in [0, 0.1) is 18.7 Å². The van der Waals surface area contributed by atoms with Crippen molar-refractivity contribution in [1.82, 2.24) is 10.2 Å². The van der Waals surface area contributed by atoms with Crippen molar-refractivity contribution in [2.45, 2.75) is 51.0 Å². The van der Waals surface area contributed by atoms with E-state index in [-0.39, 0.29) is 11.6 Å². The summed E-state index contributed by atoms with van der Waals surface area (Å²) in [6.07, 6.45) is -8.75. The van der Waals surface area contributed by atoms with Crippen LogP contribution in [0.2, 0.25) is 0 Å². The molecule has 0 bridgehead atoms. The highest BCUT2D eigenvalue weighted by Gasteiger charge is 2.44. The second-order valence-corrected chi connectivity index (χ2v) is 9.27. The molecule has 0 spiro atoms. The van der Waals surface area contributed by atoms with Gasteiger partial charge in [0.1, 0.15) is 5.82 Å². The fourth-order valence-electron chi connectivity index (χ4n) is 4.85. The van der Waals surface area contributed by atoms with Gasteiger partial charge in [0.25, 0.3) is 0 Å². The maximum Gasteiger partial charge on any atom is 0.416 e. The topological polar surface area (TPSA) is 32.3 Å². The summed E-state index contributed by atoms with van der Waals surface area (Å²) in [6.45, 7) is 4.31. The third-order valence-electron chi connectivity index (χ3n) is 6.94. The van der Waals surface area contributed by atoms with Crippen molar-refractivity contribution < 1.29 is 35.5 Å². The molecule has 0 aromatic heterocycles. The minimum absolute atomic E-state index is 0.0543. The van der Waals surface area contributed by atoms with Crippen LogP contribution in [0.1, 0.15) is 47.6 Å². The van der Waals surface area contributed by atoms with Gasteiger partial charge in [0.15, 0.2) is 0 Å². The molecule has 0 saturated carbocycles. The average Bonchev–Trinajstić information content (AvgIpc) is 2.76. The molecule has 3 nitrogen and oxygen atoms in total. The summed E-state index contributed by atoms with van der Waals surface area (Å²) in [7, 11) is 1.94. The predicted molar refractivity (Wildman–Crippen MR) is 117 cm³/mol. The fourth-order valence-corrected chi connectivity index (χ4v) is 4.85. The van der Waals surface area contributed by atoms with Crippen LogP contribution < -0.4 is 5.32 Å². The van der Waals surface area contributed by atoms with E-state index in [2.05, 4.69) is 10.2 Å². The second-order valence-electron chi connectivity index (χ2n) is 9.27. The van der Waals surface area contributed by atoms with E-state index in [9.17, 15) is 35.5 Å². The molecule has 1 unspecified atom stereocenters. The number of nitrogens with zero attached hydrogens (tertiary/aromatic N) is 1. The highest BCUT2D eigenvalue weighted by atomic mass is 19.4. The Bertz CT molecular complexity index is 1040. The van der Waals surface area contributed by atoms with Gasteiger partial charge in [-0.3, -0.25) is 4.79 Å². The highest BCUT2D eigenvalue weighted by Crippen LogP contribution is 2.43. The van der Waals surface area contributed by atoms with Crippen molar-refractivity contribution in [3.63, 3.8) is 0 Å². The molecule has 2 aromatic rings. The Morgan fingerprint density at radius 3 is 2.03 bits per heavy atom. The zero-order valence-corrected chi connectivity index (χ0v) is 19.6. The van der Waals surface area contributed by atoms with Crippen LogP contribution >= 0.6 is 0 Å². The molecular formula is C25H27F7N2O. The van der Waals surface area contributed by atoms with Crippen molar-refractivity contribution in [3.8, 4) is 0 Å². The van der Waals surface area contributed by atoms with Crippen LogP contribution in [-0.2, 0) is 29.1 Å². The Labute approximate surface area is 199 Å². The van der Waals surface area contributed by atoms with Crippen LogP contribution in [0.5, 0.6) is 0 Å². The van der Waals surface area contributed by atoms with Crippen molar-refractivity contribution in [2.24, 2.45) is 5.92 Å². The molecule has 0 aliphatic carbocycles. The van der Waals surface area contributed by atoms with E-state index in [0.717, 1.165) is 5.56 Å². The van der Waals surface area contributed by atoms with Gasteiger partial charge in [-0.1, -0.05) is 13.0 Å². The Hall–Kier alpha value is -2.62. The summed E-state index contributed by atoms with van der Waals surface area (Å²) in [5, 5.41) is 2.53. The molecule has 192 valence electrons. The van der Waals surface area contributed by atoms with Crippen LogP contribution in [0.15, 0.2) is 36.4 Å². The lowest BCUT2D eigenvalue weighted by Crippen LogP contribution is -2.50. The smallest absolute Gasteiger partial charge is 0.352 e. The minimum Gasteiger partial charge on any atom is -0.352 e. The Balaban J connectivity index is 1.88. The second kappa shape index (κ2) is 9.79. The zero-order valence-electron chi connectivity index (χ0n) is 19.6. The molecule has 3 rings (SSSR count). The van der Waals surface area contributed by atoms with E-state index in [1.807, 2.05) is 7.05 Å². The monoisotopic (exact) mass is 504 g/mol. The number of nitrogens with one attached hydrogen (secondary N) is 1. The number of hydrogen-bond donors (Lipinski definition) is 1. The summed E-state index contributed by atoms with van der Waals surface area (Å²) in [5.74, 6) is -1.56. The Morgan fingerprint density at radius 2 is 1.54 bits per heavy atom. The van der Waals surface area contributed by atoms with Gasteiger partial charge in [0.05, 0.1) is 11.1 Å². The van der Waals surface area contributed by atoms with E-state index < -0.39 is 53.1 Å². The largest absolute Gasteiger partial charge is 0.416 e. The van der Waals surface area contributed by atoms with Gasteiger partial charge in [-0.25, -0.2) is 4.39 Å². The molecular weight excluding hydrogens is 477 g/mol. The van der Waals surface area contributed by atoms with Crippen LogP contribution in [-0.4, -0.2) is 30.9 Å². The first-order chi connectivity index (χ1) is 16.1. The number of hydrogen-bond acceptors (Lipinski definition) is 2. The van der Waals surface area contributed by atoms with E-state index in [4.69, 9.17) is 0 Å². The van der Waals surface area contributed by atoms with E-state index in [0.29, 0.717) is 43.6 Å². The SMILES string of the molecule is Cc1cc(F)ccc1C1(C(C)C(=O)NCc2cc(C(F)(F)F)cc(C(F)(F)F)c2)CCN(C)CC1. The lowest BCUT2D eigenvalue weighted by atomic mass is 9.63. The van der Waals surface area contributed by atoms with Gasteiger partial charge in [-0.2, -0.15) is 26.3 Å². The number of amides is 1. The van der Waals surface area contributed by atoms with Crippen molar-refractivity contribution in [3.05, 3.63) is 70.0 Å². The molecule has 1 amide bonds. The van der Waals surface area contributed by atoms with Crippen molar-refractivity contribution >= 4 is 5.91 Å². The Morgan fingerprint density at radius 1 is 1.00 bits per heavy atom. The van der Waals surface area contributed by atoms with E-state index in [1.54, 1.807) is 19.9 Å². The summed E-state index contributed by atoms with van der Waals surface area (Å²) < 4.78 is 92.7. The van der Waals surface area contributed by atoms with E-state index >= 15 is 0 Å². The first-order valence-corrected chi connectivity index (χ1v) is 11.1. The molecule has 2 aromatic carbocycles. The van der Waals surface area contributed by atoms with Gasteiger partial charge < -0.3 is 10.2 Å². The predicted octanol–water partition coefficient (Wildman–Crippen LogP) is 6.09. The zero-order chi connectivity index (χ0) is 26.2. The maximum absolute atomic E-state index is 13.8. The van der Waals surface area contributed by atoms with Crippen LogP contribution in [0.4, 0.5) is 30.7 Å². The number of halogens is 7. The van der Waals surface area contributed by atoms with Crippen LogP contribution in [0.25, 0.3) is 0 Å². The molecule has 1 fully saturated rings. The fraction of sp³-hybridized carbons (Fsp3) is 0.480.